The van der Waals surface area contributed by atoms with Crippen LogP contribution in [0.1, 0.15) is 20.8 Å². The van der Waals surface area contributed by atoms with E-state index in [0.29, 0.717) is 18.0 Å². The Kier molecular flexibility index (Phi) is 5.34. The predicted octanol–water partition coefficient (Wildman–Crippen LogP) is 3.45. The van der Waals surface area contributed by atoms with E-state index >= 15 is 0 Å². The van der Waals surface area contributed by atoms with E-state index in [1.807, 2.05) is 43.3 Å². The molecule has 0 unspecified atom stereocenters. The lowest BCUT2D eigenvalue weighted by molar-refractivity contribution is 0.0712. The number of amides is 1. The zero-order valence-electron chi connectivity index (χ0n) is 11.2. The van der Waals surface area contributed by atoms with E-state index in [-0.39, 0.29) is 12.5 Å². The van der Waals surface area contributed by atoms with Crippen molar-refractivity contribution in [3.05, 3.63) is 56.2 Å². The Morgan fingerprint density at radius 1 is 1.35 bits per heavy atom. The number of halogens is 1. The summed E-state index contributed by atoms with van der Waals surface area (Å²) in [5.74, 6) is -0.0401. The monoisotopic (exact) mass is 353 g/mol. The predicted molar refractivity (Wildman–Crippen MR) is 85.0 cm³/mol. The van der Waals surface area contributed by atoms with Crippen LogP contribution in [0.4, 0.5) is 0 Å². The maximum Gasteiger partial charge on any atom is 0.264 e. The third-order valence-electron chi connectivity index (χ3n) is 2.94. The minimum Gasteiger partial charge on any atom is -0.395 e. The lowest BCUT2D eigenvalue weighted by atomic mass is 10.2. The first kappa shape index (κ1) is 15.2. The Hall–Kier alpha value is -1.17. The van der Waals surface area contributed by atoms with Crippen molar-refractivity contribution in [2.24, 2.45) is 0 Å². The molecule has 1 aromatic heterocycles. The number of aliphatic hydroxyl groups is 1. The van der Waals surface area contributed by atoms with E-state index < -0.39 is 0 Å². The Labute approximate surface area is 131 Å². The number of benzene rings is 1. The van der Waals surface area contributed by atoms with Gasteiger partial charge in [-0.25, -0.2) is 0 Å². The number of aliphatic hydroxyl groups excluding tert-OH is 1. The van der Waals surface area contributed by atoms with Gasteiger partial charge in [-0.1, -0.05) is 30.3 Å². The summed E-state index contributed by atoms with van der Waals surface area (Å²) in [7, 11) is 0. The van der Waals surface area contributed by atoms with Gasteiger partial charge in [0, 0.05) is 13.1 Å². The minimum atomic E-state index is -0.0401. The van der Waals surface area contributed by atoms with Gasteiger partial charge in [0.2, 0.25) is 0 Å². The smallest absolute Gasteiger partial charge is 0.264 e. The first-order valence-electron chi connectivity index (χ1n) is 6.32. The van der Waals surface area contributed by atoms with E-state index in [4.69, 9.17) is 0 Å². The van der Waals surface area contributed by atoms with Crippen molar-refractivity contribution in [1.82, 2.24) is 4.90 Å². The molecule has 1 N–H and O–H groups in total. The maximum atomic E-state index is 12.5. The Morgan fingerprint density at radius 2 is 2.05 bits per heavy atom. The fourth-order valence-corrected chi connectivity index (χ4v) is 3.40. The van der Waals surface area contributed by atoms with E-state index in [0.717, 1.165) is 14.9 Å². The summed E-state index contributed by atoms with van der Waals surface area (Å²) < 4.78 is 0.976. The van der Waals surface area contributed by atoms with Crippen LogP contribution in [0.3, 0.4) is 0 Å². The van der Waals surface area contributed by atoms with Crippen molar-refractivity contribution >= 4 is 33.2 Å². The van der Waals surface area contributed by atoms with Crippen LogP contribution in [-0.2, 0) is 6.54 Å². The van der Waals surface area contributed by atoms with E-state index in [1.165, 1.54) is 11.3 Å². The Morgan fingerprint density at radius 3 is 2.60 bits per heavy atom. The fourth-order valence-electron chi connectivity index (χ4n) is 1.90. The summed E-state index contributed by atoms with van der Waals surface area (Å²) in [5, 5.41) is 9.17. The zero-order chi connectivity index (χ0) is 14.5. The quantitative estimate of drug-likeness (QED) is 0.894. The Balaban J connectivity index is 2.17. The topological polar surface area (TPSA) is 40.5 Å². The standard InChI is InChI=1S/C15H16BrNO2S/c1-11-9-13(20-14(11)16)15(19)17(7-8-18)10-12-5-3-2-4-6-12/h2-6,9,18H,7-8,10H2,1H3. The number of hydrogen-bond donors (Lipinski definition) is 1. The third kappa shape index (κ3) is 3.69. The highest BCUT2D eigenvalue weighted by Crippen LogP contribution is 2.28. The first-order chi connectivity index (χ1) is 9.61. The molecule has 2 aromatic rings. The fraction of sp³-hybridized carbons (Fsp3) is 0.267. The average molecular weight is 354 g/mol. The highest BCUT2D eigenvalue weighted by Gasteiger charge is 2.18. The van der Waals surface area contributed by atoms with Crippen LogP contribution in [0.2, 0.25) is 0 Å². The molecule has 1 aromatic carbocycles. The van der Waals surface area contributed by atoms with E-state index in [2.05, 4.69) is 15.9 Å². The molecule has 0 fully saturated rings. The van der Waals surface area contributed by atoms with Gasteiger partial charge in [0.05, 0.1) is 15.3 Å². The minimum absolute atomic E-state index is 0.0376. The van der Waals surface area contributed by atoms with Gasteiger partial charge in [0.15, 0.2) is 0 Å². The second kappa shape index (κ2) is 7.02. The van der Waals surface area contributed by atoms with Crippen LogP contribution in [0.15, 0.2) is 40.2 Å². The van der Waals surface area contributed by atoms with Crippen molar-refractivity contribution < 1.29 is 9.90 Å². The third-order valence-corrected chi connectivity index (χ3v) is 5.07. The molecule has 2 rings (SSSR count). The van der Waals surface area contributed by atoms with Crippen molar-refractivity contribution in [1.29, 1.82) is 0 Å². The summed E-state index contributed by atoms with van der Waals surface area (Å²) in [5.41, 5.74) is 2.11. The van der Waals surface area contributed by atoms with Crippen molar-refractivity contribution in [2.75, 3.05) is 13.2 Å². The van der Waals surface area contributed by atoms with Crippen LogP contribution >= 0.6 is 27.3 Å². The number of rotatable bonds is 5. The van der Waals surface area contributed by atoms with Crippen LogP contribution in [0.5, 0.6) is 0 Å². The normalized spacial score (nSPS) is 10.6. The molecule has 0 radical (unpaired) electrons. The van der Waals surface area contributed by atoms with Gasteiger partial charge in [-0.15, -0.1) is 11.3 Å². The molecule has 0 saturated carbocycles. The molecule has 5 heteroatoms. The maximum absolute atomic E-state index is 12.5. The van der Waals surface area contributed by atoms with Crippen molar-refractivity contribution in [3.63, 3.8) is 0 Å². The molecule has 3 nitrogen and oxygen atoms in total. The largest absolute Gasteiger partial charge is 0.395 e. The van der Waals surface area contributed by atoms with Gasteiger partial charge < -0.3 is 10.0 Å². The molecule has 0 aliphatic rings. The second-order valence-electron chi connectivity index (χ2n) is 4.50. The summed E-state index contributed by atoms with van der Waals surface area (Å²) >= 11 is 4.87. The second-order valence-corrected chi connectivity index (χ2v) is 6.87. The van der Waals surface area contributed by atoms with Gasteiger partial charge in [-0.05, 0) is 40.0 Å². The van der Waals surface area contributed by atoms with Crippen molar-refractivity contribution in [2.45, 2.75) is 13.5 Å². The van der Waals surface area contributed by atoms with Crippen molar-refractivity contribution in [3.8, 4) is 0 Å². The zero-order valence-corrected chi connectivity index (χ0v) is 13.6. The lowest BCUT2D eigenvalue weighted by Gasteiger charge is -2.21. The molecule has 0 saturated heterocycles. The lowest BCUT2D eigenvalue weighted by Crippen LogP contribution is -2.32. The van der Waals surface area contributed by atoms with Gasteiger partial charge in [0.1, 0.15) is 0 Å². The van der Waals surface area contributed by atoms with Crippen LogP contribution in [-0.4, -0.2) is 29.1 Å². The summed E-state index contributed by atoms with van der Waals surface area (Å²) in [6.07, 6.45) is 0. The molecule has 0 atom stereocenters. The van der Waals surface area contributed by atoms with Crippen LogP contribution < -0.4 is 0 Å². The number of hydrogen-bond acceptors (Lipinski definition) is 3. The summed E-state index contributed by atoms with van der Waals surface area (Å²) in [4.78, 5) is 14.9. The van der Waals surface area contributed by atoms with E-state index in [9.17, 15) is 9.90 Å². The van der Waals surface area contributed by atoms with Gasteiger partial charge >= 0.3 is 0 Å². The molecular weight excluding hydrogens is 338 g/mol. The summed E-state index contributed by atoms with van der Waals surface area (Å²) in [6.45, 7) is 2.77. The molecule has 0 spiro atoms. The average Bonchev–Trinajstić information content (AvgIpc) is 2.78. The number of nitrogens with zero attached hydrogens (tertiary/aromatic N) is 1. The molecular formula is C15H16BrNO2S. The highest BCUT2D eigenvalue weighted by atomic mass is 79.9. The number of carbonyl (C=O) groups excluding carboxylic acids is 1. The molecule has 20 heavy (non-hydrogen) atoms. The van der Waals surface area contributed by atoms with E-state index in [1.54, 1.807) is 4.90 Å². The summed E-state index contributed by atoms with van der Waals surface area (Å²) in [6, 6.07) is 11.7. The Bertz CT molecular complexity index is 563. The van der Waals surface area contributed by atoms with Gasteiger partial charge in [-0.2, -0.15) is 0 Å². The van der Waals surface area contributed by atoms with Gasteiger partial charge in [0.25, 0.3) is 5.91 Å². The molecule has 1 amide bonds. The molecule has 0 aliphatic heterocycles. The SMILES string of the molecule is Cc1cc(C(=O)N(CCO)Cc2ccccc2)sc1Br. The molecule has 106 valence electrons. The van der Waals surface area contributed by atoms with Gasteiger partial charge in [-0.3, -0.25) is 4.79 Å². The number of thiophene rings is 1. The molecule has 1 heterocycles. The molecule has 0 aliphatic carbocycles. The first-order valence-corrected chi connectivity index (χ1v) is 7.92. The van der Waals surface area contributed by atoms with Crippen LogP contribution in [0, 0.1) is 6.92 Å². The highest BCUT2D eigenvalue weighted by molar-refractivity contribution is 9.11. The number of aryl methyl sites for hydroxylation is 1. The van der Waals surface area contributed by atoms with Crippen LogP contribution in [0.25, 0.3) is 0 Å². The number of carbonyl (C=O) groups is 1. The molecule has 0 bridgehead atoms.